The first-order chi connectivity index (χ1) is 6.99. The molecule has 0 aliphatic heterocycles. The molecule has 1 aromatic rings. The van der Waals surface area contributed by atoms with Crippen molar-refractivity contribution in [2.45, 2.75) is 32.1 Å². The fourth-order valence-electron chi connectivity index (χ4n) is 1.52. The predicted octanol–water partition coefficient (Wildman–Crippen LogP) is 5.19. The van der Waals surface area contributed by atoms with Gasteiger partial charge >= 0.3 is 0 Å². The van der Waals surface area contributed by atoms with Crippen molar-refractivity contribution in [1.82, 2.24) is 0 Å². The molecule has 0 saturated carbocycles. The lowest BCUT2D eigenvalue weighted by Crippen LogP contribution is -2.07. The summed E-state index contributed by atoms with van der Waals surface area (Å²) >= 11 is 18.0. The Bertz CT molecular complexity index is 321. The number of benzene rings is 1. The van der Waals surface area contributed by atoms with Gasteiger partial charge in [0, 0.05) is 5.38 Å². The molecule has 0 nitrogen and oxygen atoms in total. The summed E-state index contributed by atoms with van der Waals surface area (Å²) in [5.74, 6) is 0.621. The molecule has 0 saturated heterocycles. The van der Waals surface area contributed by atoms with Gasteiger partial charge < -0.3 is 0 Å². The molecule has 0 bridgehead atoms. The Morgan fingerprint density at radius 3 is 2.33 bits per heavy atom. The van der Waals surface area contributed by atoms with Crippen LogP contribution in [-0.4, -0.2) is 5.38 Å². The third-order valence-corrected chi connectivity index (χ3v) is 3.24. The lowest BCUT2D eigenvalue weighted by Gasteiger charge is -2.12. The van der Waals surface area contributed by atoms with E-state index in [-0.39, 0.29) is 5.38 Å². The summed E-state index contributed by atoms with van der Waals surface area (Å²) in [5, 5.41) is 1.36. The van der Waals surface area contributed by atoms with Crippen LogP contribution in [0.3, 0.4) is 0 Å². The number of hydrogen-bond acceptors (Lipinski definition) is 0. The van der Waals surface area contributed by atoms with Crippen LogP contribution >= 0.6 is 34.8 Å². The molecule has 0 heterocycles. The van der Waals surface area contributed by atoms with E-state index in [1.165, 1.54) is 0 Å². The largest absolute Gasteiger partial charge is 0.123 e. The van der Waals surface area contributed by atoms with E-state index in [9.17, 15) is 0 Å². The highest BCUT2D eigenvalue weighted by Gasteiger charge is 2.09. The number of hydrogen-bond donors (Lipinski definition) is 0. The van der Waals surface area contributed by atoms with Gasteiger partial charge in [-0.15, -0.1) is 11.6 Å². The minimum Gasteiger partial charge on any atom is -0.123 e. The SMILES string of the molecule is CC(C)CC(Cl)Cc1ccc(Cl)c(Cl)c1. The first-order valence-corrected chi connectivity index (χ1v) is 6.26. The molecule has 0 radical (unpaired) electrons. The minimum absolute atomic E-state index is 0.169. The van der Waals surface area contributed by atoms with Gasteiger partial charge in [0.2, 0.25) is 0 Å². The Balaban J connectivity index is 2.60. The minimum atomic E-state index is 0.169. The Morgan fingerprint density at radius 2 is 1.80 bits per heavy atom. The van der Waals surface area contributed by atoms with Crippen molar-refractivity contribution in [2.75, 3.05) is 0 Å². The molecular weight excluding hydrogens is 250 g/mol. The molecule has 1 rings (SSSR count). The highest BCUT2D eigenvalue weighted by Crippen LogP contribution is 2.24. The standard InChI is InChI=1S/C12H15Cl3/c1-8(2)5-10(13)6-9-3-4-11(14)12(15)7-9/h3-4,7-8,10H,5-6H2,1-2H3. The van der Waals surface area contributed by atoms with E-state index in [0.29, 0.717) is 16.0 Å². The molecule has 84 valence electrons. The van der Waals surface area contributed by atoms with Crippen molar-refractivity contribution in [3.05, 3.63) is 33.8 Å². The Kier molecular flexibility index (Phi) is 5.25. The van der Waals surface area contributed by atoms with Crippen LogP contribution in [0.2, 0.25) is 10.0 Å². The summed E-state index contributed by atoms with van der Waals surface area (Å²) in [4.78, 5) is 0. The Labute approximate surface area is 107 Å². The second kappa shape index (κ2) is 5.98. The van der Waals surface area contributed by atoms with Crippen LogP contribution in [0.4, 0.5) is 0 Å². The molecule has 0 aliphatic rings. The van der Waals surface area contributed by atoms with Gasteiger partial charge in [-0.3, -0.25) is 0 Å². The van der Waals surface area contributed by atoms with E-state index in [4.69, 9.17) is 34.8 Å². The van der Waals surface area contributed by atoms with Gasteiger partial charge in [-0.1, -0.05) is 43.1 Å². The van der Waals surface area contributed by atoms with Crippen LogP contribution in [0.25, 0.3) is 0 Å². The van der Waals surface area contributed by atoms with Crippen molar-refractivity contribution in [1.29, 1.82) is 0 Å². The summed E-state index contributed by atoms with van der Waals surface area (Å²) in [6.07, 6.45) is 1.86. The van der Waals surface area contributed by atoms with E-state index < -0.39 is 0 Å². The molecular formula is C12H15Cl3. The Hall–Kier alpha value is 0.0900. The van der Waals surface area contributed by atoms with Crippen LogP contribution in [0.5, 0.6) is 0 Å². The molecule has 0 amide bonds. The molecule has 0 spiro atoms. The van der Waals surface area contributed by atoms with Gasteiger partial charge in [-0.05, 0) is 36.5 Å². The van der Waals surface area contributed by atoms with Gasteiger partial charge in [0.05, 0.1) is 10.0 Å². The lowest BCUT2D eigenvalue weighted by molar-refractivity contribution is 0.561. The second-order valence-corrected chi connectivity index (χ2v) is 5.61. The highest BCUT2D eigenvalue weighted by molar-refractivity contribution is 6.42. The summed E-state index contributed by atoms with van der Waals surface area (Å²) in [6.45, 7) is 4.34. The van der Waals surface area contributed by atoms with Gasteiger partial charge in [0.15, 0.2) is 0 Å². The zero-order valence-corrected chi connectivity index (χ0v) is 11.2. The molecule has 0 fully saturated rings. The van der Waals surface area contributed by atoms with E-state index in [1.807, 2.05) is 18.2 Å². The summed E-state index contributed by atoms with van der Waals surface area (Å²) in [7, 11) is 0. The average Bonchev–Trinajstić information content (AvgIpc) is 2.10. The third-order valence-electron chi connectivity index (χ3n) is 2.17. The molecule has 1 aromatic carbocycles. The molecule has 0 aromatic heterocycles. The predicted molar refractivity (Wildman–Crippen MR) is 69.3 cm³/mol. The molecule has 1 unspecified atom stereocenters. The quantitative estimate of drug-likeness (QED) is 0.657. The maximum atomic E-state index is 6.23. The molecule has 15 heavy (non-hydrogen) atoms. The van der Waals surface area contributed by atoms with E-state index in [2.05, 4.69) is 13.8 Å². The van der Waals surface area contributed by atoms with Crippen molar-refractivity contribution >= 4 is 34.8 Å². The summed E-state index contributed by atoms with van der Waals surface area (Å²) < 4.78 is 0. The fourth-order valence-corrected chi connectivity index (χ4v) is 2.37. The monoisotopic (exact) mass is 264 g/mol. The zero-order chi connectivity index (χ0) is 11.4. The van der Waals surface area contributed by atoms with Crippen LogP contribution in [0.15, 0.2) is 18.2 Å². The first kappa shape index (κ1) is 13.2. The van der Waals surface area contributed by atoms with E-state index >= 15 is 0 Å². The van der Waals surface area contributed by atoms with Gasteiger partial charge in [-0.2, -0.15) is 0 Å². The molecule has 1 atom stereocenters. The molecule has 0 N–H and O–H groups in total. The van der Waals surface area contributed by atoms with Gasteiger partial charge in [-0.25, -0.2) is 0 Å². The van der Waals surface area contributed by atoms with Crippen LogP contribution in [0, 0.1) is 5.92 Å². The van der Waals surface area contributed by atoms with Crippen LogP contribution in [-0.2, 0) is 6.42 Å². The smallest absolute Gasteiger partial charge is 0.0595 e. The Morgan fingerprint density at radius 1 is 1.13 bits per heavy atom. The maximum absolute atomic E-state index is 6.23. The molecule has 0 aliphatic carbocycles. The number of alkyl halides is 1. The van der Waals surface area contributed by atoms with Crippen molar-refractivity contribution < 1.29 is 0 Å². The second-order valence-electron chi connectivity index (χ2n) is 4.18. The normalized spacial score (nSPS) is 13.2. The lowest BCUT2D eigenvalue weighted by atomic mass is 10.0. The van der Waals surface area contributed by atoms with Crippen molar-refractivity contribution in [3.8, 4) is 0 Å². The van der Waals surface area contributed by atoms with E-state index in [1.54, 1.807) is 0 Å². The van der Waals surface area contributed by atoms with E-state index in [0.717, 1.165) is 18.4 Å². The van der Waals surface area contributed by atoms with Gasteiger partial charge in [0.1, 0.15) is 0 Å². The van der Waals surface area contributed by atoms with Crippen LogP contribution in [0.1, 0.15) is 25.8 Å². The van der Waals surface area contributed by atoms with Crippen LogP contribution < -0.4 is 0 Å². The summed E-state index contributed by atoms with van der Waals surface area (Å²) in [6, 6.07) is 5.68. The van der Waals surface area contributed by atoms with Crippen molar-refractivity contribution in [3.63, 3.8) is 0 Å². The zero-order valence-electron chi connectivity index (χ0n) is 8.93. The number of halogens is 3. The average molecular weight is 266 g/mol. The van der Waals surface area contributed by atoms with Gasteiger partial charge in [0.25, 0.3) is 0 Å². The fraction of sp³-hybridized carbons (Fsp3) is 0.500. The third kappa shape index (κ3) is 4.63. The maximum Gasteiger partial charge on any atom is 0.0595 e. The summed E-state index contributed by atoms with van der Waals surface area (Å²) in [5.41, 5.74) is 1.14. The number of rotatable bonds is 4. The first-order valence-electron chi connectivity index (χ1n) is 5.07. The molecule has 3 heteroatoms. The highest BCUT2D eigenvalue weighted by atomic mass is 35.5. The van der Waals surface area contributed by atoms with Crippen molar-refractivity contribution in [2.24, 2.45) is 5.92 Å². The topological polar surface area (TPSA) is 0 Å².